The van der Waals surface area contributed by atoms with Crippen molar-refractivity contribution < 1.29 is 28.6 Å². The second kappa shape index (κ2) is 9.88. The Balaban J connectivity index is 2.47. The molecule has 2 heterocycles. The molecule has 2 N–H and O–H groups in total. The molecule has 0 radical (unpaired) electrons. The van der Waals surface area contributed by atoms with Gasteiger partial charge in [-0.1, -0.05) is 0 Å². The first kappa shape index (κ1) is 26.9. The largest absolute Gasteiger partial charge is 0.444 e. The molecule has 1 aliphatic rings. The predicted octanol–water partition coefficient (Wildman–Crippen LogP) is 3.31. The monoisotopic (exact) mass is 531 g/mol. The minimum Gasteiger partial charge on any atom is -0.444 e. The first-order valence-electron chi connectivity index (χ1n) is 10.6. The highest BCUT2D eigenvalue weighted by atomic mass is 79.9. The van der Waals surface area contributed by atoms with E-state index >= 15 is 0 Å². The third-order valence-corrected chi connectivity index (χ3v) is 5.35. The van der Waals surface area contributed by atoms with Crippen LogP contribution in [0.2, 0.25) is 0 Å². The number of anilines is 1. The summed E-state index contributed by atoms with van der Waals surface area (Å²) in [5.41, 5.74) is 4.24. The van der Waals surface area contributed by atoms with Crippen LogP contribution >= 0.6 is 15.9 Å². The number of carbonyl (C=O) groups is 3. The molecule has 0 saturated carbocycles. The second-order valence-corrected chi connectivity index (χ2v) is 10.7. The maximum atomic E-state index is 12.8. The van der Waals surface area contributed by atoms with Crippen LogP contribution in [0.15, 0.2) is 4.60 Å². The van der Waals surface area contributed by atoms with Gasteiger partial charge in [0.2, 0.25) is 0 Å². The molecule has 2 atom stereocenters. The lowest BCUT2D eigenvalue weighted by molar-refractivity contribution is 0.0145. The van der Waals surface area contributed by atoms with Gasteiger partial charge in [0.05, 0.1) is 18.7 Å². The molecule has 0 aromatic carbocycles. The van der Waals surface area contributed by atoms with E-state index < -0.39 is 29.3 Å². The number of amides is 3. The van der Waals surface area contributed by atoms with Gasteiger partial charge < -0.3 is 24.8 Å². The van der Waals surface area contributed by atoms with Gasteiger partial charge in [-0.2, -0.15) is 5.10 Å². The highest BCUT2D eigenvalue weighted by Crippen LogP contribution is 2.36. The maximum absolute atomic E-state index is 12.8. The van der Waals surface area contributed by atoms with Crippen LogP contribution < -0.4 is 10.6 Å². The summed E-state index contributed by atoms with van der Waals surface area (Å²) in [6.07, 6.45) is -0.682. The zero-order valence-corrected chi connectivity index (χ0v) is 22.1. The highest BCUT2D eigenvalue weighted by Gasteiger charge is 2.41. The summed E-state index contributed by atoms with van der Waals surface area (Å²) in [4.78, 5) is 40.6. The molecule has 1 aromatic rings. The van der Waals surface area contributed by atoms with Gasteiger partial charge >= 0.3 is 12.2 Å². The van der Waals surface area contributed by atoms with E-state index in [2.05, 4.69) is 21.0 Å². The fourth-order valence-electron chi connectivity index (χ4n) is 3.57. The number of halogens is 1. The Labute approximate surface area is 202 Å². The first-order valence-corrected chi connectivity index (χ1v) is 11.4. The minimum atomic E-state index is -0.756. The van der Waals surface area contributed by atoms with Gasteiger partial charge in [0.25, 0.3) is 5.91 Å². The van der Waals surface area contributed by atoms with Crippen molar-refractivity contribution in [1.82, 2.24) is 14.7 Å². The van der Waals surface area contributed by atoms with Gasteiger partial charge in [-0.05, 0) is 63.9 Å². The number of nitrogens with two attached hydrogens (primary N) is 1. The van der Waals surface area contributed by atoms with Crippen molar-refractivity contribution in [3.05, 3.63) is 10.2 Å². The Bertz CT molecular complexity index is 904. The van der Waals surface area contributed by atoms with Gasteiger partial charge in [-0.15, -0.1) is 0 Å². The second-order valence-electron chi connectivity index (χ2n) is 9.97. The van der Waals surface area contributed by atoms with Gasteiger partial charge in [0, 0.05) is 20.7 Å². The van der Waals surface area contributed by atoms with E-state index in [1.54, 1.807) is 53.6 Å². The van der Waals surface area contributed by atoms with Crippen LogP contribution in [0.25, 0.3) is 0 Å². The van der Waals surface area contributed by atoms with Crippen molar-refractivity contribution in [2.24, 2.45) is 5.73 Å². The summed E-state index contributed by atoms with van der Waals surface area (Å²) in [5, 5.41) is 4.44. The van der Waals surface area contributed by atoms with Gasteiger partial charge in [0.1, 0.15) is 21.4 Å². The van der Waals surface area contributed by atoms with E-state index in [1.807, 2.05) is 0 Å². The van der Waals surface area contributed by atoms with E-state index in [4.69, 9.17) is 19.9 Å². The Morgan fingerprint density at radius 1 is 1.15 bits per heavy atom. The molecule has 1 unspecified atom stereocenters. The summed E-state index contributed by atoms with van der Waals surface area (Å²) >= 11 is 3.28. The number of primary amides is 1. The molecule has 1 aliphatic heterocycles. The molecule has 1 fully saturated rings. The fraction of sp³-hybridized carbons (Fsp3) is 0.714. The van der Waals surface area contributed by atoms with E-state index in [0.717, 1.165) is 0 Å². The van der Waals surface area contributed by atoms with Crippen molar-refractivity contribution in [3.8, 4) is 0 Å². The van der Waals surface area contributed by atoms with Crippen LogP contribution in [-0.4, -0.2) is 77.3 Å². The van der Waals surface area contributed by atoms with Crippen molar-refractivity contribution in [1.29, 1.82) is 0 Å². The average molecular weight is 532 g/mol. The number of methoxy groups -OCH3 is 1. The Morgan fingerprint density at radius 3 is 2.21 bits per heavy atom. The Morgan fingerprint density at radius 2 is 1.73 bits per heavy atom. The van der Waals surface area contributed by atoms with Crippen molar-refractivity contribution in [2.75, 3.05) is 32.2 Å². The van der Waals surface area contributed by atoms with Crippen LogP contribution in [0.1, 0.15) is 64.4 Å². The van der Waals surface area contributed by atoms with Crippen molar-refractivity contribution in [3.63, 3.8) is 0 Å². The number of rotatable bonds is 5. The van der Waals surface area contributed by atoms with E-state index in [0.29, 0.717) is 6.42 Å². The molecule has 0 spiro atoms. The number of nitrogens with zero attached hydrogens (tertiary/aromatic N) is 4. The van der Waals surface area contributed by atoms with Crippen LogP contribution in [0.4, 0.5) is 15.4 Å². The zero-order chi connectivity index (χ0) is 25.3. The van der Waals surface area contributed by atoms with Crippen LogP contribution in [0.3, 0.4) is 0 Å². The number of ether oxygens (including phenoxy) is 3. The molecule has 0 bridgehead atoms. The molecular weight excluding hydrogens is 498 g/mol. The molecule has 11 nitrogen and oxygen atoms in total. The lowest BCUT2D eigenvalue weighted by Gasteiger charge is -2.28. The van der Waals surface area contributed by atoms with E-state index in [1.165, 1.54) is 16.6 Å². The average Bonchev–Trinajstić information content (AvgIpc) is 3.19. The lowest BCUT2D eigenvalue weighted by Crippen LogP contribution is -2.41. The molecule has 0 aliphatic carbocycles. The SMILES string of the molecule is COC[C@@H]1CC(n2nc(Br)c(C(N)=O)c2N(C)C(=O)OC(C)(C)C)CN1C(=O)OC(C)(C)C. The third-order valence-electron chi connectivity index (χ3n) is 4.80. The number of hydrogen-bond acceptors (Lipinski definition) is 7. The molecule has 1 saturated heterocycles. The molecule has 1 aromatic heterocycles. The topological polar surface area (TPSA) is 129 Å². The lowest BCUT2D eigenvalue weighted by atomic mass is 10.2. The maximum Gasteiger partial charge on any atom is 0.415 e. The Kier molecular flexibility index (Phi) is 8.06. The number of likely N-dealkylation sites (tertiary alicyclic amines) is 1. The number of aromatic nitrogens is 2. The molecule has 186 valence electrons. The Hall–Kier alpha value is -2.34. The summed E-state index contributed by atoms with van der Waals surface area (Å²) in [6.45, 7) is 11.1. The first-order chi connectivity index (χ1) is 15.1. The van der Waals surface area contributed by atoms with Gasteiger partial charge in [-0.25, -0.2) is 14.3 Å². The fourth-order valence-corrected chi connectivity index (χ4v) is 4.11. The molecule has 33 heavy (non-hydrogen) atoms. The molecule has 2 rings (SSSR count). The summed E-state index contributed by atoms with van der Waals surface area (Å²) < 4.78 is 18.1. The van der Waals surface area contributed by atoms with E-state index in [-0.39, 0.29) is 41.2 Å². The normalized spacial score (nSPS) is 18.9. The summed E-state index contributed by atoms with van der Waals surface area (Å²) in [6, 6.07) is -0.656. The smallest absolute Gasteiger partial charge is 0.415 e. The quantitative estimate of drug-likeness (QED) is 0.616. The predicted molar refractivity (Wildman–Crippen MR) is 125 cm³/mol. The molecule has 3 amide bonds. The van der Waals surface area contributed by atoms with Gasteiger partial charge in [-0.3, -0.25) is 9.69 Å². The zero-order valence-electron chi connectivity index (χ0n) is 20.5. The molecular formula is C21H34BrN5O6. The van der Waals surface area contributed by atoms with Crippen LogP contribution in [-0.2, 0) is 14.2 Å². The van der Waals surface area contributed by atoms with Crippen molar-refractivity contribution >= 4 is 39.8 Å². The highest BCUT2D eigenvalue weighted by molar-refractivity contribution is 9.10. The number of carbonyl (C=O) groups excluding carboxylic acids is 3. The minimum absolute atomic E-state index is 0.0439. The molecule has 12 heteroatoms. The van der Waals surface area contributed by atoms with Gasteiger partial charge in [0.15, 0.2) is 5.82 Å². The van der Waals surface area contributed by atoms with Crippen LogP contribution in [0, 0.1) is 0 Å². The summed E-state index contributed by atoms with van der Waals surface area (Å²) in [7, 11) is 3.03. The van der Waals surface area contributed by atoms with E-state index in [9.17, 15) is 14.4 Å². The summed E-state index contributed by atoms with van der Waals surface area (Å²) in [5.74, 6) is -0.579. The standard InChI is InChI=1S/C21H34BrN5O6/c1-20(2,3)32-18(29)25(7)17-14(16(23)28)15(22)24-27(17)12-9-13(11-31-8)26(10-12)19(30)33-21(4,5)6/h12-13H,9-11H2,1-8H3,(H2,23,28)/t12?,13-/m0/s1. The number of hydrogen-bond donors (Lipinski definition) is 1. The van der Waals surface area contributed by atoms with Crippen LogP contribution in [0.5, 0.6) is 0 Å². The van der Waals surface area contributed by atoms with Crippen molar-refractivity contribution in [2.45, 2.75) is 71.2 Å². The third kappa shape index (κ3) is 6.59.